The summed E-state index contributed by atoms with van der Waals surface area (Å²) in [6, 6.07) is 15.3. The third-order valence-corrected chi connectivity index (χ3v) is 3.67. The lowest BCUT2D eigenvalue weighted by atomic mass is 10.2. The second-order valence-electron chi connectivity index (χ2n) is 4.24. The molecule has 2 aromatic rings. The molecule has 19 heavy (non-hydrogen) atoms. The Morgan fingerprint density at radius 3 is 2.74 bits per heavy atom. The zero-order valence-corrected chi connectivity index (χ0v) is 11.5. The van der Waals surface area contributed by atoms with Crippen LogP contribution in [0, 0.1) is 6.92 Å². The number of hydrogen-bond donors (Lipinski definition) is 2. The van der Waals surface area contributed by atoms with Crippen molar-refractivity contribution in [2.24, 2.45) is 0 Å². The van der Waals surface area contributed by atoms with Gasteiger partial charge in [-0.3, -0.25) is 4.79 Å². The SMILES string of the molecule is Cc1cccc(NC(=O)CSc2ccccc2N)c1. The van der Waals surface area contributed by atoms with Gasteiger partial charge in [0, 0.05) is 16.3 Å². The van der Waals surface area contributed by atoms with Crippen LogP contribution >= 0.6 is 11.8 Å². The first-order valence-electron chi connectivity index (χ1n) is 5.99. The van der Waals surface area contributed by atoms with E-state index in [9.17, 15) is 4.79 Å². The van der Waals surface area contributed by atoms with E-state index in [1.54, 1.807) is 0 Å². The first-order valence-corrected chi connectivity index (χ1v) is 6.97. The summed E-state index contributed by atoms with van der Waals surface area (Å²) >= 11 is 1.44. The van der Waals surface area contributed by atoms with E-state index in [-0.39, 0.29) is 5.91 Å². The van der Waals surface area contributed by atoms with Crippen molar-refractivity contribution in [3.63, 3.8) is 0 Å². The fourth-order valence-corrected chi connectivity index (χ4v) is 2.44. The number of nitrogens with one attached hydrogen (secondary N) is 1. The van der Waals surface area contributed by atoms with Crippen LogP contribution in [0.1, 0.15) is 5.56 Å². The molecule has 4 heteroatoms. The van der Waals surface area contributed by atoms with Gasteiger partial charge in [-0.05, 0) is 36.8 Å². The van der Waals surface area contributed by atoms with Crippen LogP contribution < -0.4 is 11.1 Å². The number of nitrogen functional groups attached to an aromatic ring is 1. The van der Waals surface area contributed by atoms with Crippen molar-refractivity contribution in [2.45, 2.75) is 11.8 Å². The predicted octanol–water partition coefficient (Wildman–Crippen LogP) is 3.31. The third-order valence-electron chi connectivity index (χ3n) is 2.58. The van der Waals surface area contributed by atoms with E-state index in [1.165, 1.54) is 11.8 Å². The Kier molecular flexibility index (Phi) is 4.47. The largest absolute Gasteiger partial charge is 0.398 e. The molecule has 0 aliphatic heterocycles. The average molecular weight is 272 g/mol. The van der Waals surface area contributed by atoms with Crippen LogP contribution in [0.3, 0.4) is 0 Å². The number of hydrogen-bond acceptors (Lipinski definition) is 3. The number of rotatable bonds is 4. The highest BCUT2D eigenvalue weighted by Gasteiger charge is 2.05. The summed E-state index contributed by atoms with van der Waals surface area (Å²) in [5, 5.41) is 2.87. The Balaban J connectivity index is 1.90. The van der Waals surface area contributed by atoms with Crippen molar-refractivity contribution in [1.82, 2.24) is 0 Å². The standard InChI is InChI=1S/C15H16N2OS/c1-11-5-4-6-12(9-11)17-15(18)10-19-14-8-3-2-7-13(14)16/h2-9H,10,16H2,1H3,(H,17,18). The smallest absolute Gasteiger partial charge is 0.234 e. The number of thioether (sulfide) groups is 1. The van der Waals surface area contributed by atoms with Crippen molar-refractivity contribution in [1.29, 1.82) is 0 Å². The summed E-state index contributed by atoms with van der Waals surface area (Å²) in [7, 11) is 0. The molecule has 1 amide bonds. The number of para-hydroxylation sites is 1. The second kappa shape index (κ2) is 6.29. The Morgan fingerprint density at radius 2 is 2.00 bits per heavy atom. The molecule has 0 aromatic heterocycles. The number of carbonyl (C=O) groups is 1. The van der Waals surface area contributed by atoms with Crippen LogP contribution in [0.25, 0.3) is 0 Å². The molecule has 2 aromatic carbocycles. The molecule has 0 bridgehead atoms. The summed E-state index contributed by atoms with van der Waals surface area (Å²) in [4.78, 5) is 12.8. The minimum Gasteiger partial charge on any atom is -0.398 e. The van der Waals surface area contributed by atoms with Crippen LogP contribution in [0.4, 0.5) is 11.4 Å². The van der Waals surface area contributed by atoms with E-state index in [2.05, 4.69) is 5.32 Å². The second-order valence-corrected chi connectivity index (χ2v) is 5.26. The molecule has 3 N–H and O–H groups in total. The number of carbonyl (C=O) groups excluding carboxylic acids is 1. The van der Waals surface area contributed by atoms with Crippen molar-refractivity contribution < 1.29 is 4.79 Å². The molecule has 0 fully saturated rings. The number of anilines is 2. The minimum atomic E-state index is -0.0288. The maximum atomic E-state index is 11.8. The van der Waals surface area contributed by atoms with Gasteiger partial charge in [0.25, 0.3) is 0 Å². The number of aryl methyl sites for hydroxylation is 1. The predicted molar refractivity (Wildman–Crippen MR) is 81.4 cm³/mol. The fraction of sp³-hybridized carbons (Fsp3) is 0.133. The highest BCUT2D eigenvalue weighted by molar-refractivity contribution is 8.00. The van der Waals surface area contributed by atoms with Crippen LogP contribution in [0.15, 0.2) is 53.4 Å². The van der Waals surface area contributed by atoms with E-state index in [4.69, 9.17) is 5.73 Å². The van der Waals surface area contributed by atoms with E-state index >= 15 is 0 Å². The van der Waals surface area contributed by atoms with Crippen LogP contribution in [0.5, 0.6) is 0 Å². The Morgan fingerprint density at radius 1 is 1.21 bits per heavy atom. The molecule has 0 aliphatic rings. The van der Waals surface area contributed by atoms with Gasteiger partial charge < -0.3 is 11.1 Å². The normalized spacial score (nSPS) is 10.2. The molecule has 0 saturated carbocycles. The zero-order valence-electron chi connectivity index (χ0n) is 10.7. The molecular weight excluding hydrogens is 256 g/mol. The fourth-order valence-electron chi connectivity index (χ4n) is 1.68. The minimum absolute atomic E-state index is 0.0288. The number of nitrogens with two attached hydrogens (primary N) is 1. The maximum absolute atomic E-state index is 11.8. The maximum Gasteiger partial charge on any atom is 0.234 e. The van der Waals surface area contributed by atoms with Gasteiger partial charge in [-0.2, -0.15) is 0 Å². The molecule has 2 rings (SSSR count). The Bertz CT molecular complexity index is 584. The van der Waals surface area contributed by atoms with Gasteiger partial charge in [0.2, 0.25) is 5.91 Å². The lowest BCUT2D eigenvalue weighted by Crippen LogP contribution is -2.14. The first kappa shape index (κ1) is 13.5. The number of benzene rings is 2. The highest BCUT2D eigenvalue weighted by Crippen LogP contribution is 2.24. The van der Waals surface area contributed by atoms with Gasteiger partial charge >= 0.3 is 0 Å². The summed E-state index contributed by atoms with van der Waals surface area (Å²) in [5.41, 5.74) is 8.48. The molecule has 0 radical (unpaired) electrons. The van der Waals surface area contributed by atoms with Gasteiger partial charge in [0.1, 0.15) is 0 Å². The highest BCUT2D eigenvalue weighted by atomic mass is 32.2. The lowest BCUT2D eigenvalue weighted by molar-refractivity contribution is -0.113. The summed E-state index contributed by atoms with van der Waals surface area (Å²) in [6.45, 7) is 2.00. The third kappa shape index (κ3) is 4.03. The van der Waals surface area contributed by atoms with E-state index in [0.29, 0.717) is 11.4 Å². The summed E-state index contributed by atoms with van der Waals surface area (Å²) in [5.74, 6) is 0.321. The van der Waals surface area contributed by atoms with Gasteiger partial charge in [0.05, 0.1) is 5.75 Å². The van der Waals surface area contributed by atoms with Gasteiger partial charge in [-0.1, -0.05) is 24.3 Å². The number of amides is 1. The molecule has 0 saturated heterocycles. The van der Waals surface area contributed by atoms with E-state index in [1.807, 2.05) is 55.5 Å². The van der Waals surface area contributed by atoms with Crippen molar-refractivity contribution in [2.75, 3.05) is 16.8 Å². The van der Waals surface area contributed by atoms with Crippen molar-refractivity contribution >= 4 is 29.0 Å². The van der Waals surface area contributed by atoms with Crippen molar-refractivity contribution in [3.8, 4) is 0 Å². The van der Waals surface area contributed by atoms with Crippen LogP contribution in [0.2, 0.25) is 0 Å². The Hall–Kier alpha value is -1.94. The van der Waals surface area contributed by atoms with Gasteiger partial charge in [-0.15, -0.1) is 11.8 Å². The van der Waals surface area contributed by atoms with E-state index in [0.717, 1.165) is 16.1 Å². The Labute approximate surface area is 117 Å². The molecule has 0 atom stereocenters. The topological polar surface area (TPSA) is 55.1 Å². The molecule has 0 heterocycles. The average Bonchev–Trinajstić information content (AvgIpc) is 2.38. The molecule has 3 nitrogen and oxygen atoms in total. The quantitative estimate of drug-likeness (QED) is 0.663. The molecule has 0 aliphatic carbocycles. The van der Waals surface area contributed by atoms with Gasteiger partial charge in [-0.25, -0.2) is 0 Å². The monoisotopic (exact) mass is 272 g/mol. The zero-order chi connectivity index (χ0) is 13.7. The van der Waals surface area contributed by atoms with Crippen LogP contribution in [-0.4, -0.2) is 11.7 Å². The van der Waals surface area contributed by atoms with Crippen LogP contribution in [-0.2, 0) is 4.79 Å². The molecular formula is C15H16N2OS. The summed E-state index contributed by atoms with van der Waals surface area (Å²) in [6.07, 6.45) is 0. The summed E-state index contributed by atoms with van der Waals surface area (Å²) < 4.78 is 0. The van der Waals surface area contributed by atoms with E-state index < -0.39 is 0 Å². The van der Waals surface area contributed by atoms with Crippen molar-refractivity contribution in [3.05, 3.63) is 54.1 Å². The van der Waals surface area contributed by atoms with Gasteiger partial charge in [0.15, 0.2) is 0 Å². The molecule has 98 valence electrons. The first-order chi connectivity index (χ1) is 9.15. The molecule has 0 unspecified atom stereocenters. The lowest BCUT2D eigenvalue weighted by Gasteiger charge is -2.07. The molecule has 0 spiro atoms.